The highest BCUT2D eigenvalue weighted by Crippen LogP contribution is 2.29. The molecule has 3 rings (SSSR count). The standard InChI is InChI=1S/C16H21NO2/c1-3-8-18-13-6-7-15-14(9-13)11(2)16(19-15)10-17-12-4-5-12/h6-7,9,12,17H,3-5,8,10H2,1-2H3. The molecule has 0 spiro atoms. The lowest BCUT2D eigenvalue weighted by Gasteiger charge is -2.03. The highest BCUT2D eigenvalue weighted by molar-refractivity contribution is 5.83. The maximum atomic E-state index is 5.92. The first-order valence-corrected chi connectivity index (χ1v) is 7.16. The lowest BCUT2D eigenvalue weighted by Crippen LogP contribution is -2.15. The lowest BCUT2D eigenvalue weighted by molar-refractivity contribution is 0.318. The topological polar surface area (TPSA) is 34.4 Å². The van der Waals surface area contributed by atoms with Crippen LogP contribution in [-0.4, -0.2) is 12.6 Å². The molecule has 3 heteroatoms. The van der Waals surface area contributed by atoms with E-state index in [1.165, 1.54) is 23.8 Å². The van der Waals surface area contributed by atoms with Gasteiger partial charge in [0.1, 0.15) is 17.1 Å². The first kappa shape index (κ1) is 12.5. The smallest absolute Gasteiger partial charge is 0.134 e. The van der Waals surface area contributed by atoms with Crippen LogP contribution >= 0.6 is 0 Å². The minimum Gasteiger partial charge on any atom is -0.494 e. The fourth-order valence-electron chi connectivity index (χ4n) is 2.25. The molecule has 1 aliphatic carbocycles. The van der Waals surface area contributed by atoms with Crippen molar-refractivity contribution in [1.29, 1.82) is 0 Å². The number of hydrogen-bond donors (Lipinski definition) is 1. The van der Waals surface area contributed by atoms with E-state index in [4.69, 9.17) is 9.15 Å². The van der Waals surface area contributed by atoms with Crippen LogP contribution in [0.15, 0.2) is 22.6 Å². The number of furan rings is 1. The Balaban J connectivity index is 1.82. The van der Waals surface area contributed by atoms with Gasteiger partial charge in [-0.25, -0.2) is 0 Å². The average molecular weight is 259 g/mol. The first-order chi connectivity index (χ1) is 9.28. The summed E-state index contributed by atoms with van der Waals surface area (Å²) in [5, 5.41) is 4.67. The van der Waals surface area contributed by atoms with Gasteiger partial charge in [-0.05, 0) is 49.9 Å². The van der Waals surface area contributed by atoms with Crippen molar-refractivity contribution in [2.24, 2.45) is 0 Å². The monoisotopic (exact) mass is 259 g/mol. The Morgan fingerprint density at radius 3 is 2.95 bits per heavy atom. The predicted molar refractivity (Wildman–Crippen MR) is 76.6 cm³/mol. The summed E-state index contributed by atoms with van der Waals surface area (Å²) in [4.78, 5) is 0. The molecule has 1 N–H and O–H groups in total. The van der Waals surface area contributed by atoms with E-state index < -0.39 is 0 Å². The van der Waals surface area contributed by atoms with Crippen molar-refractivity contribution in [3.63, 3.8) is 0 Å². The first-order valence-electron chi connectivity index (χ1n) is 7.16. The van der Waals surface area contributed by atoms with Gasteiger partial charge in [0.2, 0.25) is 0 Å². The van der Waals surface area contributed by atoms with Crippen molar-refractivity contribution in [3.05, 3.63) is 29.5 Å². The van der Waals surface area contributed by atoms with E-state index in [2.05, 4.69) is 25.2 Å². The predicted octanol–water partition coefficient (Wildman–Crippen LogP) is 3.78. The van der Waals surface area contributed by atoms with E-state index in [1.54, 1.807) is 0 Å². The minimum atomic E-state index is 0.705. The summed E-state index contributed by atoms with van der Waals surface area (Å²) in [6.07, 6.45) is 3.63. The summed E-state index contributed by atoms with van der Waals surface area (Å²) in [6.45, 7) is 5.83. The summed E-state index contributed by atoms with van der Waals surface area (Å²) in [6, 6.07) is 6.79. The summed E-state index contributed by atoms with van der Waals surface area (Å²) in [5.41, 5.74) is 2.18. The maximum absolute atomic E-state index is 5.92. The zero-order valence-electron chi connectivity index (χ0n) is 11.7. The number of hydrogen-bond acceptors (Lipinski definition) is 3. The summed E-state index contributed by atoms with van der Waals surface area (Å²) < 4.78 is 11.6. The maximum Gasteiger partial charge on any atom is 0.134 e. The Morgan fingerprint density at radius 2 is 2.21 bits per heavy atom. The zero-order valence-corrected chi connectivity index (χ0v) is 11.7. The Labute approximate surface area is 113 Å². The number of rotatable bonds is 6. The molecule has 0 saturated heterocycles. The summed E-state index contributed by atoms with van der Waals surface area (Å²) in [5.74, 6) is 1.98. The minimum absolute atomic E-state index is 0.705. The normalized spacial score (nSPS) is 15.1. The average Bonchev–Trinajstić information content (AvgIpc) is 3.20. The van der Waals surface area contributed by atoms with E-state index in [0.29, 0.717) is 6.04 Å². The molecule has 0 unspecified atom stereocenters. The second-order valence-corrected chi connectivity index (χ2v) is 5.31. The number of fused-ring (bicyclic) bond motifs is 1. The molecule has 0 amide bonds. The van der Waals surface area contributed by atoms with Gasteiger partial charge in [-0.2, -0.15) is 0 Å². The molecule has 0 atom stereocenters. The quantitative estimate of drug-likeness (QED) is 0.857. The molecular weight excluding hydrogens is 238 g/mol. The van der Waals surface area contributed by atoms with Crippen LogP contribution in [0.1, 0.15) is 37.5 Å². The molecule has 1 heterocycles. The fraction of sp³-hybridized carbons (Fsp3) is 0.500. The van der Waals surface area contributed by atoms with Crippen LogP contribution in [0.25, 0.3) is 11.0 Å². The second kappa shape index (κ2) is 5.25. The van der Waals surface area contributed by atoms with Gasteiger partial charge in [0.05, 0.1) is 13.2 Å². The number of benzene rings is 1. The van der Waals surface area contributed by atoms with Crippen molar-refractivity contribution in [1.82, 2.24) is 5.32 Å². The molecule has 1 fully saturated rings. The fourth-order valence-corrected chi connectivity index (χ4v) is 2.25. The van der Waals surface area contributed by atoms with Gasteiger partial charge in [-0.1, -0.05) is 6.92 Å². The van der Waals surface area contributed by atoms with E-state index in [9.17, 15) is 0 Å². The Kier molecular flexibility index (Phi) is 3.47. The van der Waals surface area contributed by atoms with Crippen LogP contribution in [0.5, 0.6) is 5.75 Å². The molecule has 1 aromatic heterocycles. The third-order valence-electron chi connectivity index (χ3n) is 3.61. The molecule has 0 bridgehead atoms. The Bertz CT molecular complexity index is 569. The number of ether oxygens (including phenoxy) is 1. The molecule has 3 nitrogen and oxygen atoms in total. The summed E-state index contributed by atoms with van der Waals surface area (Å²) >= 11 is 0. The van der Waals surface area contributed by atoms with Crippen LogP contribution < -0.4 is 10.1 Å². The molecule has 1 saturated carbocycles. The third-order valence-corrected chi connectivity index (χ3v) is 3.61. The summed E-state index contributed by atoms with van der Waals surface area (Å²) in [7, 11) is 0. The number of aryl methyl sites for hydroxylation is 1. The van der Waals surface area contributed by atoms with Gasteiger partial charge in [-0.15, -0.1) is 0 Å². The van der Waals surface area contributed by atoms with Crippen molar-refractivity contribution < 1.29 is 9.15 Å². The van der Waals surface area contributed by atoms with Gasteiger partial charge >= 0.3 is 0 Å². The van der Waals surface area contributed by atoms with Crippen molar-refractivity contribution in [2.45, 2.75) is 45.7 Å². The second-order valence-electron chi connectivity index (χ2n) is 5.31. The molecular formula is C16H21NO2. The molecule has 1 aliphatic rings. The largest absolute Gasteiger partial charge is 0.494 e. The van der Waals surface area contributed by atoms with Crippen molar-refractivity contribution >= 4 is 11.0 Å². The molecule has 0 radical (unpaired) electrons. The van der Waals surface area contributed by atoms with Gasteiger partial charge in [0.15, 0.2) is 0 Å². The third kappa shape index (κ3) is 2.76. The van der Waals surface area contributed by atoms with Crippen molar-refractivity contribution in [2.75, 3.05) is 6.61 Å². The molecule has 102 valence electrons. The van der Waals surface area contributed by atoms with Crippen LogP contribution in [0, 0.1) is 6.92 Å². The van der Waals surface area contributed by atoms with Gasteiger partial charge in [0, 0.05) is 11.4 Å². The van der Waals surface area contributed by atoms with Gasteiger partial charge in [0.25, 0.3) is 0 Å². The Morgan fingerprint density at radius 1 is 1.37 bits per heavy atom. The van der Waals surface area contributed by atoms with Crippen LogP contribution in [-0.2, 0) is 6.54 Å². The highest BCUT2D eigenvalue weighted by Gasteiger charge is 2.21. The van der Waals surface area contributed by atoms with E-state index in [-0.39, 0.29) is 0 Å². The SMILES string of the molecule is CCCOc1ccc2oc(CNC3CC3)c(C)c2c1. The molecule has 2 aromatic rings. The molecule has 19 heavy (non-hydrogen) atoms. The lowest BCUT2D eigenvalue weighted by atomic mass is 10.1. The van der Waals surface area contributed by atoms with E-state index in [0.717, 1.165) is 36.7 Å². The zero-order chi connectivity index (χ0) is 13.2. The Hall–Kier alpha value is -1.48. The van der Waals surface area contributed by atoms with Crippen LogP contribution in [0.2, 0.25) is 0 Å². The molecule has 1 aromatic carbocycles. The van der Waals surface area contributed by atoms with Gasteiger partial charge < -0.3 is 14.5 Å². The molecule has 0 aliphatic heterocycles. The number of nitrogens with one attached hydrogen (secondary N) is 1. The highest BCUT2D eigenvalue weighted by atomic mass is 16.5. The van der Waals surface area contributed by atoms with Gasteiger partial charge in [-0.3, -0.25) is 0 Å². The van der Waals surface area contributed by atoms with E-state index >= 15 is 0 Å². The van der Waals surface area contributed by atoms with Crippen molar-refractivity contribution in [3.8, 4) is 5.75 Å². The van der Waals surface area contributed by atoms with E-state index in [1.807, 2.05) is 12.1 Å². The van der Waals surface area contributed by atoms with Crippen LogP contribution in [0.4, 0.5) is 0 Å². The van der Waals surface area contributed by atoms with Crippen LogP contribution in [0.3, 0.4) is 0 Å².